The third-order valence-electron chi connectivity index (χ3n) is 4.37. The molecular weight excluding hydrogens is 395 g/mol. The fourth-order valence-electron chi connectivity index (χ4n) is 2.99. The summed E-state index contributed by atoms with van der Waals surface area (Å²) in [6.07, 6.45) is 0. The van der Waals surface area contributed by atoms with Crippen LogP contribution < -0.4 is 5.32 Å². The van der Waals surface area contributed by atoms with Gasteiger partial charge in [0, 0.05) is 32.1 Å². The van der Waals surface area contributed by atoms with Crippen molar-refractivity contribution in [2.45, 2.75) is 0 Å². The van der Waals surface area contributed by atoms with Crippen molar-refractivity contribution in [2.75, 3.05) is 5.32 Å². The highest BCUT2D eigenvalue weighted by atomic mass is 35.5. The van der Waals surface area contributed by atoms with Crippen molar-refractivity contribution >= 4 is 51.5 Å². The van der Waals surface area contributed by atoms with Gasteiger partial charge in [-0.1, -0.05) is 53.5 Å². The predicted octanol–water partition coefficient (Wildman–Crippen LogP) is 5.96. The maximum Gasteiger partial charge on any atom is 0.255 e. The van der Waals surface area contributed by atoms with Gasteiger partial charge in [-0.05, 0) is 42.5 Å². The number of hydrogen-bond acceptors (Lipinski definition) is 2. The molecule has 4 rings (SSSR count). The number of amides is 1. The van der Waals surface area contributed by atoms with E-state index in [-0.39, 0.29) is 11.7 Å². The molecule has 0 aliphatic carbocycles. The van der Waals surface area contributed by atoms with E-state index in [2.05, 4.69) is 10.3 Å². The van der Waals surface area contributed by atoms with Crippen molar-refractivity contribution in [1.29, 1.82) is 0 Å². The zero-order valence-corrected chi connectivity index (χ0v) is 16.0. The topological polar surface area (TPSA) is 62.0 Å². The minimum absolute atomic E-state index is 0.223. The van der Waals surface area contributed by atoms with E-state index < -0.39 is 0 Å². The average molecular weight is 409 g/mol. The van der Waals surface area contributed by atoms with Crippen LogP contribution in [0.15, 0.2) is 72.8 Å². The van der Waals surface area contributed by atoms with Gasteiger partial charge in [0.15, 0.2) is 0 Å². The number of nitrogens with one attached hydrogen (secondary N) is 2. The van der Waals surface area contributed by atoms with Gasteiger partial charge in [-0.15, -0.1) is 0 Å². The van der Waals surface area contributed by atoms with Crippen molar-refractivity contribution in [2.24, 2.45) is 0 Å². The van der Waals surface area contributed by atoms with E-state index >= 15 is 0 Å². The number of ketones is 1. The van der Waals surface area contributed by atoms with Gasteiger partial charge < -0.3 is 10.3 Å². The smallest absolute Gasteiger partial charge is 0.255 e. The number of H-pyrrole nitrogens is 1. The molecule has 0 spiro atoms. The molecule has 28 heavy (non-hydrogen) atoms. The summed E-state index contributed by atoms with van der Waals surface area (Å²) in [5.74, 6) is -0.561. The largest absolute Gasteiger partial charge is 0.350 e. The summed E-state index contributed by atoms with van der Waals surface area (Å²) in [5, 5.41) is 4.63. The lowest BCUT2D eigenvalue weighted by Crippen LogP contribution is -2.14. The number of hydrogen-bond donors (Lipinski definition) is 2. The second-order valence-corrected chi connectivity index (χ2v) is 7.09. The molecule has 0 fully saturated rings. The van der Waals surface area contributed by atoms with E-state index in [0.717, 1.165) is 0 Å². The summed E-state index contributed by atoms with van der Waals surface area (Å²) in [5.41, 5.74) is 2.33. The molecule has 1 aromatic heterocycles. The summed E-state index contributed by atoms with van der Waals surface area (Å²) in [6, 6.07) is 20.6. The molecule has 0 saturated heterocycles. The summed E-state index contributed by atoms with van der Waals surface area (Å²) in [6.45, 7) is 0. The molecule has 2 N–H and O–H groups in total. The molecule has 0 unspecified atom stereocenters. The van der Waals surface area contributed by atoms with E-state index in [0.29, 0.717) is 43.5 Å². The van der Waals surface area contributed by atoms with Crippen LogP contribution in [0.1, 0.15) is 26.4 Å². The summed E-state index contributed by atoms with van der Waals surface area (Å²) in [7, 11) is 0. The van der Waals surface area contributed by atoms with Crippen molar-refractivity contribution in [3.63, 3.8) is 0 Å². The second-order valence-electron chi connectivity index (χ2n) is 6.22. The Bertz CT molecular complexity index is 1180. The van der Waals surface area contributed by atoms with Crippen LogP contribution in [-0.4, -0.2) is 16.7 Å². The maximum absolute atomic E-state index is 13.1. The monoisotopic (exact) mass is 408 g/mol. The van der Waals surface area contributed by atoms with Crippen molar-refractivity contribution in [1.82, 2.24) is 4.98 Å². The first kappa shape index (κ1) is 18.3. The summed E-state index contributed by atoms with van der Waals surface area (Å²) >= 11 is 12.0. The molecule has 4 aromatic rings. The Morgan fingerprint density at radius 1 is 0.786 bits per heavy atom. The Morgan fingerprint density at radius 2 is 1.46 bits per heavy atom. The van der Waals surface area contributed by atoms with Gasteiger partial charge >= 0.3 is 0 Å². The van der Waals surface area contributed by atoms with Crippen LogP contribution in [0, 0.1) is 0 Å². The van der Waals surface area contributed by atoms with Gasteiger partial charge in [0.2, 0.25) is 5.78 Å². The number of fused-ring (bicyclic) bond motifs is 1. The van der Waals surface area contributed by atoms with E-state index in [1.54, 1.807) is 66.7 Å². The molecule has 0 atom stereocenters. The lowest BCUT2D eigenvalue weighted by molar-refractivity contribution is 0.102. The molecule has 1 amide bonds. The van der Waals surface area contributed by atoms with Gasteiger partial charge in [-0.2, -0.15) is 0 Å². The Kier molecular flexibility index (Phi) is 4.90. The van der Waals surface area contributed by atoms with Gasteiger partial charge in [-0.25, -0.2) is 0 Å². The molecule has 0 bridgehead atoms. The highest BCUT2D eigenvalue weighted by Gasteiger charge is 2.21. The quantitative estimate of drug-likeness (QED) is 0.409. The molecule has 6 heteroatoms. The molecule has 0 aliphatic rings. The number of carbonyl (C=O) groups is 2. The Morgan fingerprint density at radius 3 is 2.18 bits per heavy atom. The number of carbonyl (C=O) groups excluding carboxylic acids is 2. The highest BCUT2D eigenvalue weighted by Crippen LogP contribution is 2.31. The van der Waals surface area contributed by atoms with Gasteiger partial charge in [-0.3, -0.25) is 9.59 Å². The molecule has 1 heterocycles. The first-order valence-corrected chi connectivity index (χ1v) is 9.26. The van der Waals surface area contributed by atoms with Crippen LogP contribution in [0.5, 0.6) is 0 Å². The van der Waals surface area contributed by atoms with Gasteiger partial charge in [0.25, 0.3) is 5.91 Å². The minimum atomic E-state index is -0.338. The lowest BCUT2D eigenvalue weighted by Gasteiger charge is -2.08. The van der Waals surface area contributed by atoms with Crippen molar-refractivity contribution < 1.29 is 9.59 Å². The average Bonchev–Trinajstić information content (AvgIpc) is 3.05. The third-order valence-corrected chi connectivity index (χ3v) is 4.86. The molecule has 0 saturated carbocycles. The van der Waals surface area contributed by atoms with Crippen molar-refractivity contribution in [3.8, 4) is 0 Å². The van der Waals surface area contributed by atoms with E-state index in [1.807, 2.05) is 6.07 Å². The van der Waals surface area contributed by atoms with Crippen LogP contribution in [0.3, 0.4) is 0 Å². The Hall–Kier alpha value is -3.08. The van der Waals surface area contributed by atoms with E-state index in [1.165, 1.54) is 0 Å². The van der Waals surface area contributed by atoms with Crippen LogP contribution in [-0.2, 0) is 0 Å². The van der Waals surface area contributed by atoms with Gasteiger partial charge in [0.1, 0.15) is 5.69 Å². The van der Waals surface area contributed by atoms with Crippen LogP contribution in [0.4, 0.5) is 5.69 Å². The minimum Gasteiger partial charge on any atom is -0.350 e. The maximum atomic E-state index is 13.1. The first-order chi connectivity index (χ1) is 13.5. The molecule has 0 aliphatic heterocycles. The number of anilines is 1. The predicted molar refractivity (Wildman–Crippen MR) is 113 cm³/mol. The molecule has 4 nitrogen and oxygen atoms in total. The fourth-order valence-corrected chi connectivity index (χ4v) is 3.29. The molecule has 138 valence electrons. The standard InChI is InChI=1S/C22H14Cl2N2O2/c23-15-8-6-14(7-9-15)22(28)26-19-17-11-10-16(24)12-18(17)25-20(19)21(27)13-4-2-1-3-5-13/h1-12,25H,(H,26,28). The zero-order chi connectivity index (χ0) is 19.7. The Balaban J connectivity index is 1.80. The normalized spacial score (nSPS) is 10.8. The molecule has 0 radical (unpaired) electrons. The highest BCUT2D eigenvalue weighted by molar-refractivity contribution is 6.32. The summed E-state index contributed by atoms with van der Waals surface area (Å²) in [4.78, 5) is 28.9. The molecule has 3 aromatic carbocycles. The summed E-state index contributed by atoms with van der Waals surface area (Å²) < 4.78 is 0. The SMILES string of the molecule is O=C(Nc1c(C(=O)c2ccccc2)[nH]c2cc(Cl)ccc12)c1ccc(Cl)cc1. The first-order valence-electron chi connectivity index (χ1n) is 8.51. The number of aromatic nitrogens is 1. The number of rotatable bonds is 4. The lowest BCUT2D eigenvalue weighted by atomic mass is 10.1. The molecular formula is C22H14Cl2N2O2. The van der Waals surface area contributed by atoms with Gasteiger partial charge in [0.05, 0.1) is 5.69 Å². The van der Waals surface area contributed by atoms with Crippen LogP contribution >= 0.6 is 23.2 Å². The third kappa shape index (κ3) is 3.52. The van der Waals surface area contributed by atoms with E-state index in [9.17, 15) is 9.59 Å². The van der Waals surface area contributed by atoms with Crippen LogP contribution in [0.2, 0.25) is 10.0 Å². The number of aromatic amines is 1. The number of halogens is 2. The van der Waals surface area contributed by atoms with E-state index in [4.69, 9.17) is 23.2 Å². The Labute approximate surface area is 171 Å². The number of benzene rings is 3. The zero-order valence-electron chi connectivity index (χ0n) is 14.5. The second kappa shape index (κ2) is 7.50. The van der Waals surface area contributed by atoms with Crippen LogP contribution in [0.25, 0.3) is 10.9 Å². The van der Waals surface area contributed by atoms with Crippen molar-refractivity contribution in [3.05, 3.63) is 99.7 Å². The fraction of sp³-hybridized carbons (Fsp3) is 0.